The number of hydrogen-bond donors (Lipinski definition) is 1. The van der Waals surface area contributed by atoms with Crippen LogP contribution in [0.1, 0.15) is 29.8 Å². The second-order valence-corrected chi connectivity index (χ2v) is 7.06. The molecule has 2 aromatic rings. The van der Waals surface area contributed by atoms with E-state index in [-0.39, 0.29) is 12.0 Å². The van der Waals surface area contributed by atoms with Gasteiger partial charge in [0.15, 0.2) is 0 Å². The van der Waals surface area contributed by atoms with Gasteiger partial charge in [0.05, 0.1) is 12.3 Å². The summed E-state index contributed by atoms with van der Waals surface area (Å²) in [4.78, 5) is 4.79. The average Bonchev–Trinajstić information content (AvgIpc) is 2.81. The third kappa shape index (κ3) is 2.26. The molecule has 0 amide bonds. The number of hydrogen-bond acceptors (Lipinski definition) is 3. The Balaban J connectivity index is 1.99. The number of aliphatic hydroxyl groups excluding tert-OH is 1. The van der Waals surface area contributed by atoms with Gasteiger partial charge < -0.3 is 5.11 Å². The number of aromatic nitrogens is 1. The van der Waals surface area contributed by atoms with Gasteiger partial charge in [0.2, 0.25) is 0 Å². The van der Waals surface area contributed by atoms with Gasteiger partial charge in [-0.15, -0.1) is 11.3 Å². The van der Waals surface area contributed by atoms with Crippen LogP contribution in [-0.4, -0.2) is 16.7 Å². The number of aliphatic hydroxyl groups is 1. The molecule has 2 nitrogen and oxygen atoms in total. The zero-order valence-corrected chi connectivity index (χ0v) is 13.2. The first-order valence-corrected chi connectivity index (χ1v) is 8.15. The van der Waals surface area contributed by atoms with E-state index in [1.54, 1.807) is 11.3 Å². The Hall–Kier alpha value is -0.710. The van der Waals surface area contributed by atoms with Crippen molar-refractivity contribution in [2.24, 2.45) is 0 Å². The summed E-state index contributed by atoms with van der Waals surface area (Å²) in [7, 11) is 0. The van der Waals surface area contributed by atoms with Crippen LogP contribution in [0.15, 0.2) is 28.1 Å². The molecule has 0 saturated heterocycles. The highest BCUT2D eigenvalue weighted by molar-refractivity contribution is 9.10. The van der Waals surface area contributed by atoms with Crippen LogP contribution < -0.4 is 0 Å². The first-order chi connectivity index (χ1) is 9.14. The summed E-state index contributed by atoms with van der Waals surface area (Å²) in [6.45, 7) is 2.32. The largest absolute Gasteiger partial charge is 0.395 e. The third-order valence-electron chi connectivity index (χ3n) is 4.05. The number of thiazole rings is 1. The summed E-state index contributed by atoms with van der Waals surface area (Å²) in [5.74, 6) is 0. The highest BCUT2D eigenvalue weighted by Gasteiger charge is 2.40. The van der Waals surface area contributed by atoms with Gasteiger partial charge in [-0.1, -0.05) is 28.4 Å². The number of halogens is 1. The highest BCUT2D eigenvalue weighted by Crippen LogP contribution is 2.45. The standard InChI is InChI=1S/C15H16BrNOS/c1-10-3-4-11(16)7-12(10)13-8-19-14(17-13)15(9-18)5-2-6-15/h3-4,7-8,18H,2,5-6,9H2,1H3. The number of rotatable bonds is 3. The second kappa shape index (κ2) is 5.00. The van der Waals surface area contributed by atoms with Crippen LogP contribution in [0.2, 0.25) is 0 Å². The Morgan fingerprint density at radius 1 is 1.42 bits per heavy atom. The van der Waals surface area contributed by atoms with E-state index in [0.29, 0.717) is 0 Å². The van der Waals surface area contributed by atoms with Gasteiger partial charge in [0.25, 0.3) is 0 Å². The molecule has 0 spiro atoms. The Kier molecular flexibility index (Phi) is 3.50. The minimum Gasteiger partial charge on any atom is -0.395 e. The molecule has 1 saturated carbocycles. The smallest absolute Gasteiger partial charge is 0.102 e. The molecule has 1 aliphatic rings. The summed E-state index contributed by atoms with van der Waals surface area (Å²) in [6, 6.07) is 6.26. The Labute approximate surface area is 125 Å². The molecule has 4 heteroatoms. The minimum absolute atomic E-state index is 0.0527. The maximum absolute atomic E-state index is 9.63. The quantitative estimate of drug-likeness (QED) is 0.905. The molecule has 1 fully saturated rings. The van der Waals surface area contributed by atoms with E-state index < -0.39 is 0 Å². The van der Waals surface area contributed by atoms with Crippen molar-refractivity contribution in [1.29, 1.82) is 0 Å². The summed E-state index contributed by atoms with van der Waals surface area (Å²) in [6.07, 6.45) is 3.33. The first kappa shape index (κ1) is 13.3. The van der Waals surface area contributed by atoms with Crippen molar-refractivity contribution < 1.29 is 5.11 Å². The molecule has 3 rings (SSSR count). The average molecular weight is 338 g/mol. The molecule has 0 unspecified atom stereocenters. The molecule has 0 aliphatic heterocycles. The van der Waals surface area contributed by atoms with Crippen LogP contribution in [-0.2, 0) is 5.41 Å². The molecular formula is C15H16BrNOS. The van der Waals surface area contributed by atoms with Gasteiger partial charge in [-0.25, -0.2) is 4.98 Å². The normalized spacial score (nSPS) is 17.2. The Morgan fingerprint density at radius 3 is 2.84 bits per heavy atom. The SMILES string of the molecule is Cc1ccc(Br)cc1-c1csc(C2(CO)CCC2)n1. The second-order valence-electron chi connectivity index (χ2n) is 5.29. The van der Waals surface area contributed by atoms with E-state index in [1.165, 1.54) is 17.5 Å². The van der Waals surface area contributed by atoms with E-state index in [2.05, 4.69) is 40.4 Å². The molecule has 19 heavy (non-hydrogen) atoms. The molecule has 0 atom stereocenters. The van der Waals surface area contributed by atoms with Gasteiger partial charge in [-0.3, -0.25) is 0 Å². The maximum atomic E-state index is 9.63. The molecule has 0 radical (unpaired) electrons. The molecule has 1 aromatic heterocycles. The summed E-state index contributed by atoms with van der Waals surface area (Å²) < 4.78 is 1.07. The van der Waals surface area contributed by atoms with Crippen molar-refractivity contribution in [3.63, 3.8) is 0 Å². The number of nitrogens with zero attached hydrogens (tertiary/aromatic N) is 1. The fourth-order valence-electron chi connectivity index (χ4n) is 2.55. The minimum atomic E-state index is -0.0527. The summed E-state index contributed by atoms with van der Waals surface area (Å²) in [5.41, 5.74) is 3.37. The van der Waals surface area contributed by atoms with Crippen molar-refractivity contribution in [1.82, 2.24) is 4.98 Å². The van der Waals surface area contributed by atoms with E-state index in [0.717, 1.165) is 28.0 Å². The zero-order valence-electron chi connectivity index (χ0n) is 10.8. The lowest BCUT2D eigenvalue weighted by Gasteiger charge is -2.38. The van der Waals surface area contributed by atoms with Crippen molar-refractivity contribution in [3.05, 3.63) is 38.6 Å². The van der Waals surface area contributed by atoms with Gasteiger partial charge in [-0.05, 0) is 37.5 Å². The van der Waals surface area contributed by atoms with Crippen LogP contribution in [0, 0.1) is 6.92 Å². The zero-order chi connectivity index (χ0) is 13.5. The predicted molar refractivity (Wildman–Crippen MR) is 82.6 cm³/mol. The first-order valence-electron chi connectivity index (χ1n) is 6.48. The molecule has 100 valence electrons. The van der Waals surface area contributed by atoms with Crippen LogP contribution >= 0.6 is 27.3 Å². The van der Waals surface area contributed by atoms with Gasteiger partial charge in [0.1, 0.15) is 5.01 Å². The summed E-state index contributed by atoms with van der Waals surface area (Å²) >= 11 is 5.19. The van der Waals surface area contributed by atoms with E-state index in [9.17, 15) is 5.11 Å². The lowest BCUT2D eigenvalue weighted by atomic mass is 9.70. The van der Waals surface area contributed by atoms with Crippen LogP contribution in [0.4, 0.5) is 0 Å². The van der Waals surface area contributed by atoms with Crippen molar-refractivity contribution >= 4 is 27.3 Å². The predicted octanol–water partition coefficient (Wildman–Crippen LogP) is 4.30. The van der Waals surface area contributed by atoms with E-state index in [4.69, 9.17) is 4.98 Å². The molecule has 0 bridgehead atoms. The topological polar surface area (TPSA) is 33.1 Å². The number of benzene rings is 1. The number of aryl methyl sites for hydroxylation is 1. The Bertz CT molecular complexity index is 598. The van der Waals surface area contributed by atoms with Crippen LogP contribution in [0.5, 0.6) is 0 Å². The monoisotopic (exact) mass is 337 g/mol. The van der Waals surface area contributed by atoms with Crippen molar-refractivity contribution in [2.45, 2.75) is 31.6 Å². The van der Waals surface area contributed by atoms with Crippen LogP contribution in [0.3, 0.4) is 0 Å². The summed E-state index contributed by atoms with van der Waals surface area (Å²) in [5, 5.41) is 12.8. The molecule has 1 N–H and O–H groups in total. The van der Waals surface area contributed by atoms with Crippen LogP contribution in [0.25, 0.3) is 11.3 Å². The molecule has 1 heterocycles. The third-order valence-corrected chi connectivity index (χ3v) is 5.63. The fourth-order valence-corrected chi connectivity index (χ4v) is 3.99. The van der Waals surface area contributed by atoms with Crippen molar-refractivity contribution in [3.8, 4) is 11.3 Å². The molecular weight excluding hydrogens is 322 g/mol. The lowest BCUT2D eigenvalue weighted by Crippen LogP contribution is -2.37. The molecule has 1 aromatic carbocycles. The van der Waals surface area contributed by atoms with Crippen molar-refractivity contribution in [2.75, 3.05) is 6.61 Å². The van der Waals surface area contributed by atoms with E-state index in [1.807, 2.05) is 6.07 Å². The van der Waals surface area contributed by atoms with Gasteiger partial charge in [0, 0.05) is 20.8 Å². The van der Waals surface area contributed by atoms with E-state index >= 15 is 0 Å². The van der Waals surface area contributed by atoms with Gasteiger partial charge in [-0.2, -0.15) is 0 Å². The van der Waals surface area contributed by atoms with Gasteiger partial charge >= 0.3 is 0 Å². The molecule has 1 aliphatic carbocycles. The Morgan fingerprint density at radius 2 is 2.21 bits per heavy atom. The highest BCUT2D eigenvalue weighted by atomic mass is 79.9. The fraction of sp³-hybridized carbons (Fsp3) is 0.400. The maximum Gasteiger partial charge on any atom is 0.102 e. The lowest BCUT2D eigenvalue weighted by molar-refractivity contribution is 0.120.